The largest absolute Gasteiger partial charge is 0.493 e. The second-order valence-corrected chi connectivity index (χ2v) is 6.03. The molecule has 1 aromatic carbocycles. The Balaban J connectivity index is 1.93. The quantitative estimate of drug-likeness (QED) is 0.713. The van der Waals surface area contributed by atoms with Crippen LogP contribution in [0.2, 0.25) is 5.02 Å². The summed E-state index contributed by atoms with van der Waals surface area (Å²) >= 11 is 5.70. The third kappa shape index (κ3) is 4.85. The van der Waals surface area contributed by atoms with Gasteiger partial charge in [0, 0.05) is 18.7 Å². The standard InChI is InChI=1S/C17H19ClF3N3O3/c1-10-14(18)15(17(19,20)21)23-24(10)8-4-7-22-16(25)11-5-6-12(26-2)13(9-11)27-3/h5-6,9H,4,7-8H2,1-3H3,(H,22,25). The smallest absolute Gasteiger partial charge is 0.436 e. The van der Waals surface area contributed by atoms with Crippen molar-refractivity contribution in [3.63, 3.8) is 0 Å². The minimum Gasteiger partial charge on any atom is -0.493 e. The number of benzene rings is 1. The van der Waals surface area contributed by atoms with Crippen LogP contribution >= 0.6 is 11.6 Å². The van der Waals surface area contributed by atoms with Crippen LogP contribution in [0, 0.1) is 6.92 Å². The highest BCUT2D eigenvalue weighted by atomic mass is 35.5. The predicted molar refractivity (Wildman–Crippen MR) is 93.5 cm³/mol. The lowest BCUT2D eigenvalue weighted by atomic mass is 10.2. The average Bonchev–Trinajstić information content (AvgIpc) is 2.92. The number of carbonyl (C=O) groups is 1. The van der Waals surface area contributed by atoms with E-state index >= 15 is 0 Å². The Morgan fingerprint density at radius 2 is 1.93 bits per heavy atom. The molecule has 0 aliphatic carbocycles. The Kier molecular flexibility index (Phi) is 6.59. The van der Waals surface area contributed by atoms with Crippen LogP contribution in [0.25, 0.3) is 0 Å². The summed E-state index contributed by atoms with van der Waals surface area (Å²) in [7, 11) is 2.96. The number of nitrogens with one attached hydrogen (secondary N) is 1. The van der Waals surface area contributed by atoms with Crippen molar-refractivity contribution in [1.82, 2.24) is 15.1 Å². The second kappa shape index (κ2) is 8.51. The molecule has 148 valence electrons. The molecule has 10 heteroatoms. The molecule has 1 N–H and O–H groups in total. The molecule has 27 heavy (non-hydrogen) atoms. The maximum absolute atomic E-state index is 12.8. The molecule has 1 heterocycles. The Morgan fingerprint density at radius 1 is 1.26 bits per heavy atom. The molecule has 0 aliphatic heterocycles. The van der Waals surface area contributed by atoms with Crippen molar-refractivity contribution < 1.29 is 27.4 Å². The first kappa shape index (κ1) is 20.9. The average molecular weight is 406 g/mol. The molecule has 0 saturated heterocycles. The minimum atomic E-state index is -4.60. The molecule has 1 aromatic heterocycles. The maximum Gasteiger partial charge on any atom is 0.436 e. The lowest BCUT2D eigenvalue weighted by Crippen LogP contribution is -2.25. The molecule has 0 radical (unpaired) electrons. The Labute approximate surface area is 159 Å². The van der Waals surface area contributed by atoms with Gasteiger partial charge in [-0.25, -0.2) is 0 Å². The maximum atomic E-state index is 12.8. The van der Waals surface area contributed by atoms with Gasteiger partial charge in [0.05, 0.1) is 24.9 Å². The fraction of sp³-hybridized carbons (Fsp3) is 0.412. The Bertz CT molecular complexity index is 822. The lowest BCUT2D eigenvalue weighted by Gasteiger charge is -2.10. The van der Waals surface area contributed by atoms with E-state index in [1.807, 2.05) is 0 Å². The van der Waals surface area contributed by atoms with Crippen molar-refractivity contribution in [3.05, 3.63) is 40.2 Å². The topological polar surface area (TPSA) is 65.4 Å². The van der Waals surface area contributed by atoms with Crippen LogP contribution < -0.4 is 14.8 Å². The van der Waals surface area contributed by atoms with Crippen LogP contribution in [-0.2, 0) is 12.7 Å². The van der Waals surface area contributed by atoms with Gasteiger partial charge in [0.25, 0.3) is 5.91 Å². The van der Waals surface area contributed by atoms with E-state index in [9.17, 15) is 18.0 Å². The minimum absolute atomic E-state index is 0.188. The molecule has 1 amide bonds. The van der Waals surface area contributed by atoms with E-state index < -0.39 is 16.9 Å². The number of ether oxygens (including phenoxy) is 2. The normalized spacial score (nSPS) is 11.4. The van der Waals surface area contributed by atoms with Crippen molar-refractivity contribution >= 4 is 17.5 Å². The molecule has 0 bridgehead atoms. The van der Waals surface area contributed by atoms with E-state index in [-0.39, 0.29) is 24.7 Å². The molecule has 0 spiro atoms. The van der Waals surface area contributed by atoms with Crippen LogP contribution in [0.5, 0.6) is 11.5 Å². The first-order chi connectivity index (χ1) is 12.7. The monoisotopic (exact) mass is 405 g/mol. The van der Waals surface area contributed by atoms with Gasteiger partial charge in [-0.1, -0.05) is 11.6 Å². The summed E-state index contributed by atoms with van der Waals surface area (Å²) in [6, 6.07) is 4.74. The summed E-state index contributed by atoms with van der Waals surface area (Å²) < 4.78 is 49.8. The zero-order valence-electron chi connectivity index (χ0n) is 15.0. The van der Waals surface area contributed by atoms with Gasteiger partial charge in [0.1, 0.15) is 0 Å². The number of halogens is 4. The summed E-state index contributed by atoms with van der Waals surface area (Å²) in [4.78, 5) is 12.2. The summed E-state index contributed by atoms with van der Waals surface area (Å²) in [5, 5.41) is 5.81. The Hall–Kier alpha value is -2.42. The van der Waals surface area contributed by atoms with E-state index in [2.05, 4.69) is 10.4 Å². The number of amides is 1. The van der Waals surface area contributed by atoms with Crippen molar-refractivity contribution in [2.24, 2.45) is 0 Å². The zero-order valence-corrected chi connectivity index (χ0v) is 15.7. The fourth-order valence-electron chi connectivity index (χ4n) is 2.43. The number of methoxy groups -OCH3 is 2. The van der Waals surface area contributed by atoms with Crippen LogP contribution in [0.15, 0.2) is 18.2 Å². The van der Waals surface area contributed by atoms with Crippen molar-refractivity contribution in [2.45, 2.75) is 26.1 Å². The summed E-state index contributed by atoms with van der Waals surface area (Å²) in [6.45, 7) is 1.91. The van der Waals surface area contributed by atoms with Crippen LogP contribution in [-0.4, -0.2) is 36.5 Å². The van der Waals surface area contributed by atoms with E-state index in [1.165, 1.54) is 25.8 Å². The highest BCUT2D eigenvalue weighted by molar-refractivity contribution is 6.31. The molecular formula is C17H19ClF3N3O3. The van der Waals surface area contributed by atoms with E-state index in [1.54, 1.807) is 18.2 Å². The number of carbonyl (C=O) groups excluding carboxylic acids is 1. The van der Waals surface area contributed by atoms with Crippen LogP contribution in [0.4, 0.5) is 13.2 Å². The number of aromatic nitrogens is 2. The van der Waals surface area contributed by atoms with E-state index in [0.29, 0.717) is 23.5 Å². The van der Waals surface area contributed by atoms with Gasteiger partial charge in [-0.05, 0) is 31.5 Å². The summed E-state index contributed by atoms with van der Waals surface area (Å²) in [6.07, 6.45) is -4.22. The van der Waals surface area contributed by atoms with Gasteiger partial charge in [-0.3, -0.25) is 9.48 Å². The SMILES string of the molecule is COc1ccc(C(=O)NCCCn2nc(C(F)(F)F)c(Cl)c2C)cc1OC. The molecule has 2 aromatic rings. The summed E-state index contributed by atoms with van der Waals surface area (Å²) in [5.74, 6) is 0.592. The highest BCUT2D eigenvalue weighted by Crippen LogP contribution is 2.35. The van der Waals surface area contributed by atoms with Gasteiger partial charge in [-0.2, -0.15) is 18.3 Å². The van der Waals surface area contributed by atoms with Gasteiger partial charge in [0.15, 0.2) is 17.2 Å². The number of nitrogens with zero attached hydrogens (tertiary/aromatic N) is 2. The third-order valence-corrected chi connectivity index (χ3v) is 4.33. The van der Waals surface area contributed by atoms with Crippen LogP contribution in [0.1, 0.15) is 28.2 Å². The van der Waals surface area contributed by atoms with E-state index in [0.717, 1.165) is 0 Å². The van der Waals surface area contributed by atoms with Crippen molar-refractivity contribution in [1.29, 1.82) is 0 Å². The number of rotatable bonds is 7. The van der Waals surface area contributed by atoms with Gasteiger partial charge >= 0.3 is 6.18 Å². The van der Waals surface area contributed by atoms with Gasteiger partial charge < -0.3 is 14.8 Å². The van der Waals surface area contributed by atoms with Crippen LogP contribution in [0.3, 0.4) is 0 Å². The van der Waals surface area contributed by atoms with Crippen molar-refractivity contribution in [2.75, 3.05) is 20.8 Å². The first-order valence-corrected chi connectivity index (χ1v) is 8.37. The lowest BCUT2D eigenvalue weighted by molar-refractivity contribution is -0.141. The second-order valence-electron chi connectivity index (χ2n) is 5.65. The zero-order chi connectivity index (χ0) is 20.2. The number of alkyl halides is 3. The fourth-order valence-corrected chi connectivity index (χ4v) is 2.68. The summed E-state index contributed by atoms with van der Waals surface area (Å²) in [5.41, 5.74) is -0.489. The molecule has 0 aliphatic rings. The molecule has 0 atom stereocenters. The van der Waals surface area contributed by atoms with E-state index in [4.69, 9.17) is 21.1 Å². The molecule has 0 fully saturated rings. The highest BCUT2D eigenvalue weighted by Gasteiger charge is 2.38. The molecule has 6 nitrogen and oxygen atoms in total. The number of hydrogen-bond donors (Lipinski definition) is 1. The number of aryl methyl sites for hydroxylation is 1. The molecule has 2 rings (SSSR count). The third-order valence-electron chi connectivity index (χ3n) is 3.88. The molecular weight excluding hydrogens is 387 g/mol. The molecule has 0 saturated carbocycles. The predicted octanol–water partition coefficient (Wildman–Crippen LogP) is 3.70. The number of hydrogen-bond acceptors (Lipinski definition) is 4. The first-order valence-electron chi connectivity index (χ1n) is 7.99. The van der Waals surface area contributed by atoms with Gasteiger partial charge in [0.2, 0.25) is 0 Å². The van der Waals surface area contributed by atoms with Crippen molar-refractivity contribution in [3.8, 4) is 11.5 Å². The molecule has 0 unspecified atom stereocenters. The van der Waals surface area contributed by atoms with Gasteiger partial charge in [-0.15, -0.1) is 0 Å². The Morgan fingerprint density at radius 3 is 2.48 bits per heavy atom.